The molecule has 0 bridgehead atoms. The predicted molar refractivity (Wildman–Crippen MR) is 86.7 cm³/mol. The van der Waals surface area contributed by atoms with E-state index in [1.54, 1.807) is 0 Å². The Balaban J connectivity index is 1.94. The van der Waals surface area contributed by atoms with Crippen LogP contribution in [0.2, 0.25) is 0 Å². The molecule has 2 rings (SSSR count). The van der Waals surface area contributed by atoms with E-state index in [-0.39, 0.29) is 0 Å². The zero-order valence-electron chi connectivity index (χ0n) is 14.2. The summed E-state index contributed by atoms with van der Waals surface area (Å²) in [4.78, 5) is 0. The molecule has 1 unspecified atom stereocenters. The smallest absolute Gasteiger partial charge is 0.0832 e. The molecular weight excluding hydrogens is 258 g/mol. The maximum atomic E-state index is 10.7. The summed E-state index contributed by atoms with van der Waals surface area (Å²) in [6.45, 7) is 6.90. The molecule has 0 heterocycles. The van der Waals surface area contributed by atoms with Gasteiger partial charge in [0.2, 0.25) is 0 Å². The number of hydrogen-bond donors (Lipinski definition) is 1. The molecule has 0 aromatic heterocycles. The van der Waals surface area contributed by atoms with Gasteiger partial charge in [-0.1, -0.05) is 52.9 Å². The maximum Gasteiger partial charge on any atom is 0.0832 e. The van der Waals surface area contributed by atoms with E-state index in [2.05, 4.69) is 26.8 Å². The Hall–Kier alpha value is -0.550. The van der Waals surface area contributed by atoms with Crippen molar-refractivity contribution in [2.45, 2.75) is 91.1 Å². The number of hydrogen-bond acceptors (Lipinski definition) is 2. The van der Waals surface area contributed by atoms with Crippen LogP contribution < -0.4 is 0 Å². The third kappa shape index (κ3) is 4.01. The van der Waals surface area contributed by atoms with Gasteiger partial charge in [0, 0.05) is 0 Å². The van der Waals surface area contributed by atoms with Gasteiger partial charge in [0.1, 0.15) is 0 Å². The van der Waals surface area contributed by atoms with E-state index in [9.17, 15) is 10.4 Å². The third-order valence-electron chi connectivity index (χ3n) is 6.24. The third-order valence-corrected chi connectivity index (χ3v) is 6.24. The largest absolute Gasteiger partial charge is 0.391 e. The Morgan fingerprint density at radius 1 is 1.10 bits per heavy atom. The molecule has 0 saturated heterocycles. The van der Waals surface area contributed by atoms with Crippen LogP contribution in [0.15, 0.2) is 0 Å². The summed E-state index contributed by atoms with van der Waals surface area (Å²) in [5.41, 5.74) is -0.130. The number of nitrogens with zero attached hydrogens (tertiary/aromatic N) is 1. The second kappa shape index (κ2) is 6.69. The molecule has 2 heteroatoms. The van der Waals surface area contributed by atoms with Gasteiger partial charge in [-0.3, -0.25) is 0 Å². The zero-order valence-corrected chi connectivity index (χ0v) is 14.2. The lowest BCUT2D eigenvalue weighted by Gasteiger charge is -2.43. The fourth-order valence-corrected chi connectivity index (χ4v) is 4.48. The average Bonchev–Trinajstić information content (AvgIpc) is 2.47. The van der Waals surface area contributed by atoms with Crippen molar-refractivity contribution in [2.24, 2.45) is 22.7 Å². The van der Waals surface area contributed by atoms with Gasteiger partial charge in [-0.15, -0.1) is 0 Å². The molecule has 0 radical (unpaired) electrons. The normalized spacial score (nSPS) is 33.4. The van der Waals surface area contributed by atoms with Crippen LogP contribution in [0.5, 0.6) is 0 Å². The zero-order chi connectivity index (χ0) is 15.5. The van der Waals surface area contributed by atoms with E-state index < -0.39 is 11.5 Å². The summed E-state index contributed by atoms with van der Waals surface area (Å²) >= 11 is 0. The Bertz CT molecular complexity index is 362. The van der Waals surface area contributed by atoms with Gasteiger partial charge in [0.15, 0.2) is 0 Å². The summed E-state index contributed by atoms with van der Waals surface area (Å²) in [5, 5.41) is 20.5. The van der Waals surface area contributed by atoms with Crippen molar-refractivity contribution < 1.29 is 5.11 Å². The first-order chi connectivity index (χ1) is 9.87. The van der Waals surface area contributed by atoms with Gasteiger partial charge in [0.25, 0.3) is 0 Å². The summed E-state index contributed by atoms with van der Waals surface area (Å²) in [7, 11) is 0. The Kier molecular flexibility index (Phi) is 5.36. The monoisotopic (exact) mass is 291 g/mol. The van der Waals surface area contributed by atoms with Crippen molar-refractivity contribution in [1.82, 2.24) is 0 Å². The first kappa shape index (κ1) is 16.8. The van der Waals surface area contributed by atoms with Gasteiger partial charge >= 0.3 is 0 Å². The summed E-state index contributed by atoms with van der Waals surface area (Å²) in [6.07, 6.45) is 10.9. The van der Waals surface area contributed by atoms with Gasteiger partial charge < -0.3 is 5.11 Å². The van der Waals surface area contributed by atoms with E-state index in [0.29, 0.717) is 17.3 Å². The molecule has 120 valence electrons. The topological polar surface area (TPSA) is 44.0 Å². The van der Waals surface area contributed by atoms with Crippen LogP contribution in [0, 0.1) is 34.0 Å². The van der Waals surface area contributed by atoms with Gasteiger partial charge in [0.05, 0.1) is 17.6 Å². The first-order valence-corrected chi connectivity index (χ1v) is 8.97. The van der Waals surface area contributed by atoms with Crippen molar-refractivity contribution in [3.05, 3.63) is 0 Å². The molecule has 2 fully saturated rings. The molecule has 1 N–H and O–H groups in total. The lowest BCUT2D eigenvalue weighted by molar-refractivity contribution is -0.00693. The van der Waals surface area contributed by atoms with E-state index in [0.717, 1.165) is 32.1 Å². The molecule has 2 aliphatic carbocycles. The Morgan fingerprint density at radius 2 is 1.67 bits per heavy atom. The molecule has 2 nitrogen and oxygen atoms in total. The SMILES string of the molecule is CC(C)(C)C1CCC(C#N)(C(O)CC2CCCCC2)CC1. The molecule has 1 atom stereocenters. The minimum Gasteiger partial charge on any atom is -0.391 e. The van der Waals surface area contributed by atoms with Crippen LogP contribution in [-0.4, -0.2) is 11.2 Å². The van der Waals surface area contributed by atoms with Crippen LogP contribution in [0.1, 0.15) is 85.0 Å². The second-order valence-corrected chi connectivity index (χ2v) is 8.66. The maximum absolute atomic E-state index is 10.7. The number of aliphatic hydroxyl groups excluding tert-OH is 1. The highest BCUT2D eigenvalue weighted by Crippen LogP contribution is 2.48. The van der Waals surface area contributed by atoms with Crippen LogP contribution in [0.3, 0.4) is 0 Å². The molecule has 0 aliphatic heterocycles. The lowest BCUT2D eigenvalue weighted by Crippen LogP contribution is -2.41. The van der Waals surface area contributed by atoms with E-state index in [4.69, 9.17) is 0 Å². The second-order valence-electron chi connectivity index (χ2n) is 8.66. The Labute approximate surface area is 130 Å². The quantitative estimate of drug-likeness (QED) is 0.789. The van der Waals surface area contributed by atoms with Crippen LogP contribution in [0.25, 0.3) is 0 Å². The predicted octanol–water partition coefficient (Wildman–Crippen LogP) is 5.06. The summed E-state index contributed by atoms with van der Waals surface area (Å²) < 4.78 is 0. The van der Waals surface area contributed by atoms with Gasteiger partial charge in [-0.05, 0) is 49.4 Å². The molecule has 0 aromatic rings. The highest BCUT2D eigenvalue weighted by atomic mass is 16.3. The highest BCUT2D eigenvalue weighted by Gasteiger charge is 2.44. The molecule has 2 saturated carbocycles. The highest BCUT2D eigenvalue weighted by molar-refractivity contribution is 5.07. The Morgan fingerprint density at radius 3 is 2.14 bits per heavy atom. The molecule has 0 amide bonds. The van der Waals surface area contributed by atoms with Crippen molar-refractivity contribution >= 4 is 0 Å². The fraction of sp³-hybridized carbons (Fsp3) is 0.947. The molecular formula is C19H33NO. The number of rotatable bonds is 3. The van der Waals surface area contributed by atoms with Crippen molar-refractivity contribution in [3.8, 4) is 6.07 Å². The standard InChI is InChI=1S/C19H33NO/c1-18(2,3)16-9-11-19(14-20,12-10-16)17(21)13-15-7-5-4-6-8-15/h15-17,21H,4-13H2,1-3H3. The lowest BCUT2D eigenvalue weighted by atomic mass is 9.61. The fourth-order valence-electron chi connectivity index (χ4n) is 4.48. The van der Waals surface area contributed by atoms with Crippen LogP contribution in [0.4, 0.5) is 0 Å². The van der Waals surface area contributed by atoms with Crippen LogP contribution in [-0.2, 0) is 0 Å². The average molecular weight is 291 g/mol. The molecule has 2 aliphatic rings. The molecule has 0 aromatic carbocycles. The van der Waals surface area contributed by atoms with Crippen LogP contribution >= 0.6 is 0 Å². The number of nitriles is 1. The van der Waals surface area contributed by atoms with Crippen molar-refractivity contribution in [2.75, 3.05) is 0 Å². The van der Waals surface area contributed by atoms with E-state index >= 15 is 0 Å². The molecule has 21 heavy (non-hydrogen) atoms. The summed E-state index contributed by atoms with van der Waals surface area (Å²) in [6, 6.07) is 2.53. The van der Waals surface area contributed by atoms with Crippen molar-refractivity contribution in [1.29, 1.82) is 5.26 Å². The minimum absolute atomic E-state index is 0.329. The van der Waals surface area contributed by atoms with Gasteiger partial charge in [-0.25, -0.2) is 0 Å². The number of aliphatic hydroxyl groups is 1. The van der Waals surface area contributed by atoms with E-state index in [1.165, 1.54) is 32.1 Å². The van der Waals surface area contributed by atoms with Crippen molar-refractivity contribution in [3.63, 3.8) is 0 Å². The first-order valence-electron chi connectivity index (χ1n) is 8.97. The van der Waals surface area contributed by atoms with Gasteiger partial charge in [-0.2, -0.15) is 5.26 Å². The minimum atomic E-state index is -0.459. The summed E-state index contributed by atoms with van der Waals surface area (Å²) in [5.74, 6) is 1.35. The molecule has 0 spiro atoms. The van der Waals surface area contributed by atoms with E-state index in [1.807, 2.05) is 0 Å².